The van der Waals surface area contributed by atoms with Crippen LogP contribution in [0.25, 0.3) is 0 Å². The van der Waals surface area contributed by atoms with Crippen molar-refractivity contribution in [1.29, 1.82) is 0 Å². The Kier molecular flexibility index (Phi) is 3.07. The van der Waals surface area contributed by atoms with Crippen molar-refractivity contribution in [2.24, 2.45) is 5.73 Å². The van der Waals surface area contributed by atoms with Crippen molar-refractivity contribution in [1.82, 2.24) is 4.98 Å². The van der Waals surface area contributed by atoms with Gasteiger partial charge in [0.05, 0.1) is 10.7 Å². The number of nitrogens with zero attached hydrogens (tertiary/aromatic N) is 1. The molecule has 0 aliphatic rings. The summed E-state index contributed by atoms with van der Waals surface area (Å²) in [6.45, 7) is 0.261. The molecule has 6 heteroatoms. The van der Waals surface area contributed by atoms with Crippen LogP contribution in [0.15, 0.2) is 28.9 Å². The van der Waals surface area contributed by atoms with Crippen LogP contribution in [-0.2, 0) is 6.54 Å². The second-order valence-corrected chi connectivity index (χ2v) is 3.39. The lowest BCUT2D eigenvalue weighted by molar-refractivity contribution is 0.330. The minimum Gasteiger partial charge on any atom is -0.417 e. The van der Waals surface area contributed by atoms with E-state index in [4.69, 9.17) is 26.5 Å². The molecule has 0 saturated carbocycles. The van der Waals surface area contributed by atoms with Gasteiger partial charge in [-0.2, -0.15) is 4.98 Å². The van der Waals surface area contributed by atoms with E-state index in [1.807, 2.05) is 0 Å². The highest BCUT2D eigenvalue weighted by Crippen LogP contribution is 2.25. The highest BCUT2D eigenvalue weighted by molar-refractivity contribution is 6.30. The number of nitrogens with two attached hydrogens (primary N) is 1. The Morgan fingerprint density at radius 1 is 1.50 bits per heavy atom. The Balaban J connectivity index is 2.17. The monoisotopic (exact) mass is 242 g/mol. The quantitative estimate of drug-likeness (QED) is 0.899. The molecule has 16 heavy (non-hydrogen) atoms. The average Bonchev–Trinajstić information content (AvgIpc) is 2.71. The van der Waals surface area contributed by atoms with Crippen molar-refractivity contribution in [2.45, 2.75) is 6.54 Å². The van der Waals surface area contributed by atoms with Gasteiger partial charge < -0.3 is 14.9 Å². The molecule has 0 saturated heterocycles. The third-order valence-electron chi connectivity index (χ3n) is 1.84. The van der Waals surface area contributed by atoms with E-state index < -0.39 is 5.82 Å². The molecule has 1 aromatic heterocycles. The molecule has 0 radical (unpaired) electrons. The van der Waals surface area contributed by atoms with Crippen LogP contribution in [0.1, 0.15) is 5.69 Å². The molecule has 4 nitrogen and oxygen atoms in total. The second kappa shape index (κ2) is 4.51. The highest BCUT2D eigenvalue weighted by Gasteiger charge is 2.07. The van der Waals surface area contributed by atoms with Crippen molar-refractivity contribution in [2.75, 3.05) is 0 Å². The van der Waals surface area contributed by atoms with E-state index in [1.54, 1.807) is 0 Å². The molecule has 0 amide bonds. The number of rotatable bonds is 3. The van der Waals surface area contributed by atoms with E-state index in [1.165, 1.54) is 24.5 Å². The van der Waals surface area contributed by atoms with Crippen LogP contribution in [0, 0.1) is 5.82 Å². The molecule has 0 spiro atoms. The van der Waals surface area contributed by atoms with Crippen molar-refractivity contribution < 1.29 is 13.5 Å². The van der Waals surface area contributed by atoms with Crippen LogP contribution in [0.3, 0.4) is 0 Å². The summed E-state index contributed by atoms with van der Waals surface area (Å²) in [5.74, 6) is -0.166. The van der Waals surface area contributed by atoms with E-state index in [9.17, 15) is 4.39 Å². The lowest BCUT2D eigenvalue weighted by Gasteiger charge is -2.01. The molecule has 0 unspecified atom stereocenters. The number of hydrogen-bond donors (Lipinski definition) is 1. The predicted molar refractivity (Wildman–Crippen MR) is 55.9 cm³/mol. The first-order valence-corrected chi connectivity index (χ1v) is 4.84. The fourth-order valence-corrected chi connectivity index (χ4v) is 1.24. The van der Waals surface area contributed by atoms with Crippen LogP contribution in [0.5, 0.6) is 11.8 Å². The maximum atomic E-state index is 12.9. The normalized spacial score (nSPS) is 10.4. The summed E-state index contributed by atoms with van der Waals surface area (Å²) in [7, 11) is 0. The highest BCUT2D eigenvalue weighted by atomic mass is 35.5. The zero-order valence-electron chi connectivity index (χ0n) is 8.11. The van der Waals surface area contributed by atoms with E-state index in [-0.39, 0.29) is 17.6 Å². The minimum absolute atomic E-state index is 0.0249. The van der Waals surface area contributed by atoms with Gasteiger partial charge in [-0.15, -0.1) is 0 Å². The molecule has 0 aliphatic heterocycles. The number of benzene rings is 1. The molecule has 1 heterocycles. The molecule has 2 N–H and O–H groups in total. The molecule has 1 aromatic carbocycles. The van der Waals surface area contributed by atoms with Crippen LogP contribution in [0.4, 0.5) is 4.39 Å². The lowest BCUT2D eigenvalue weighted by atomic mass is 10.3. The van der Waals surface area contributed by atoms with Crippen molar-refractivity contribution in [3.8, 4) is 11.8 Å². The van der Waals surface area contributed by atoms with E-state index in [0.29, 0.717) is 11.4 Å². The standard InChI is InChI=1S/C10H8ClFN2O2/c11-8-3-7(1-2-9(8)12)16-10-14-6(4-13)5-15-10/h1-3,5H,4,13H2. The molecule has 0 atom stereocenters. The first-order chi connectivity index (χ1) is 7.69. The Hall–Kier alpha value is -1.59. The number of hydrogen-bond acceptors (Lipinski definition) is 4. The molecule has 0 bridgehead atoms. The minimum atomic E-state index is -0.510. The zero-order valence-corrected chi connectivity index (χ0v) is 8.87. The van der Waals surface area contributed by atoms with Crippen molar-refractivity contribution >= 4 is 11.6 Å². The van der Waals surface area contributed by atoms with E-state index in [2.05, 4.69) is 4.98 Å². The number of ether oxygens (including phenoxy) is 1. The van der Waals surface area contributed by atoms with Crippen LogP contribution < -0.4 is 10.5 Å². The van der Waals surface area contributed by atoms with Crippen LogP contribution in [0.2, 0.25) is 5.02 Å². The lowest BCUT2D eigenvalue weighted by Crippen LogP contribution is -1.95. The maximum absolute atomic E-state index is 12.9. The van der Waals surface area contributed by atoms with Crippen LogP contribution in [-0.4, -0.2) is 4.98 Å². The molecule has 2 rings (SSSR count). The van der Waals surface area contributed by atoms with E-state index in [0.717, 1.165) is 0 Å². The molecular weight excluding hydrogens is 235 g/mol. The molecule has 2 aromatic rings. The fourth-order valence-electron chi connectivity index (χ4n) is 1.07. The summed E-state index contributed by atoms with van der Waals surface area (Å²) in [6.07, 6.45) is 1.43. The van der Waals surface area contributed by atoms with Gasteiger partial charge in [-0.3, -0.25) is 0 Å². The number of halogens is 2. The Bertz CT molecular complexity index is 501. The molecule has 84 valence electrons. The summed E-state index contributed by atoms with van der Waals surface area (Å²) in [5, 5.41) is -0.0249. The average molecular weight is 243 g/mol. The molecule has 0 fully saturated rings. The second-order valence-electron chi connectivity index (χ2n) is 2.99. The van der Waals surface area contributed by atoms with Gasteiger partial charge in [0, 0.05) is 12.6 Å². The zero-order chi connectivity index (χ0) is 11.5. The van der Waals surface area contributed by atoms with Gasteiger partial charge >= 0.3 is 6.08 Å². The predicted octanol–water partition coefficient (Wildman–Crippen LogP) is 2.72. The van der Waals surface area contributed by atoms with Gasteiger partial charge in [0.15, 0.2) is 0 Å². The van der Waals surface area contributed by atoms with Gasteiger partial charge in [-0.1, -0.05) is 11.6 Å². The van der Waals surface area contributed by atoms with Gasteiger partial charge in [0.2, 0.25) is 0 Å². The van der Waals surface area contributed by atoms with Gasteiger partial charge in [-0.05, 0) is 12.1 Å². The first-order valence-electron chi connectivity index (χ1n) is 4.46. The van der Waals surface area contributed by atoms with Gasteiger partial charge in [0.25, 0.3) is 0 Å². The maximum Gasteiger partial charge on any atom is 0.399 e. The summed E-state index contributed by atoms with van der Waals surface area (Å²) in [4.78, 5) is 3.93. The summed E-state index contributed by atoms with van der Waals surface area (Å²) >= 11 is 5.59. The number of aromatic nitrogens is 1. The summed E-state index contributed by atoms with van der Waals surface area (Å²) < 4.78 is 23.0. The van der Waals surface area contributed by atoms with Crippen LogP contribution >= 0.6 is 11.6 Å². The summed E-state index contributed by atoms with van der Waals surface area (Å²) in [5.41, 5.74) is 5.92. The molecule has 0 aliphatic carbocycles. The van der Waals surface area contributed by atoms with E-state index >= 15 is 0 Å². The van der Waals surface area contributed by atoms with Gasteiger partial charge in [-0.25, -0.2) is 4.39 Å². The Morgan fingerprint density at radius 2 is 2.31 bits per heavy atom. The van der Waals surface area contributed by atoms with Crippen molar-refractivity contribution in [3.05, 3.63) is 41.0 Å². The smallest absolute Gasteiger partial charge is 0.399 e. The first kappa shape index (κ1) is 10.9. The Labute approximate surface area is 95.8 Å². The molecular formula is C10H8ClFN2O2. The summed E-state index contributed by atoms with van der Waals surface area (Å²) in [6, 6.07) is 3.96. The fraction of sp³-hybridized carbons (Fsp3) is 0.100. The SMILES string of the molecule is NCc1coc(Oc2ccc(F)c(Cl)c2)n1. The number of oxazole rings is 1. The largest absolute Gasteiger partial charge is 0.417 e. The third kappa shape index (κ3) is 2.32. The third-order valence-corrected chi connectivity index (χ3v) is 2.13. The topological polar surface area (TPSA) is 61.3 Å². The Morgan fingerprint density at radius 3 is 2.94 bits per heavy atom. The van der Waals surface area contributed by atoms with Crippen molar-refractivity contribution in [3.63, 3.8) is 0 Å². The van der Waals surface area contributed by atoms with Gasteiger partial charge in [0.1, 0.15) is 17.8 Å².